The van der Waals surface area contributed by atoms with Crippen LogP contribution in [0.4, 0.5) is 10.5 Å². The SMILES string of the molecule is CN(C)C1(c2ccccc2)CCC2(CC1)CN(c1cnc(C(=O)C3CNCCN3)nc1)C(=O)N2. The number of carbonyl (C=O) groups is 2. The summed E-state index contributed by atoms with van der Waals surface area (Å²) in [6.07, 6.45) is 6.88. The largest absolute Gasteiger partial charge is 0.330 e. The van der Waals surface area contributed by atoms with Crippen molar-refractivity contribution in [1.82, 2.24) is 30.8 Å². The first-order valence-corrected chi connectivity index (χ1v) is 12.1. The van der Waals surface area contributed by atoms with E-state index in [0.29, 0.717) is 18.8 Å². The van der Waals surface area contributed by atoms with Crippen molar-refractivity contribution in [3.8, 4) is 0 Å². The van der Waals surface area contributed by atoms with Gasteiger partial charge in [0.1, 0.15) is 0 Å². The van der Waals surface area contributed by atoms with Crippen LogP contribution in [-0.4, -0.2) is 78.5 Å². The number of hydrogen-bond donors (Lipinski definition) is 3. The van der Waals surface area contributed by atoms with Gasteiger partial charge in [-0.2, -0.15) is 0 Å². The highest BCUT2D eigenvalue weighted by molar-refractivity contribution is 5.98. The molecule has 1 unspecified atom stereocenters. The van der Waals surface area contributed by atoms with E-state index in [4.69, 9.17) is 0 Å². The zero-order chi connectivity index (χ0) is 23.8. The molecule has 180 valence electrons. The van der Waals surface area contributed by atoms with Crippen LogP contribution in [0.2, 0.25) is 0 Å². The first-order chi connectivity index (χ1) is 16.4. The molecule has 0 radical (unpaired) electrons. The number of benzene rings is 1. The number of Topliss-reactive ketones (excluding diaryl/α,β-unsaturated/α-hetero) is 1. The first kappa shape index (κ1) is 22.9. The fourth-order valence-corrected chi connectivity index (χ4v) is 5.67. The number of amides is 2. The quantitative estimate of drug-likeness (QED) is 0.578. The summed E-state index contributed by atoms with van der Waals surface area (Å²) in [5.41, 5.74) is 1.65. The second kappa shape index (κ2) is 9.05. The number of anilines is 1. The zero-order valence-electron chi connectivity index (χ0n) is 19.9. The van der Waals surface area contributed by atoms with Crippen LogP contribution < -0.4 is 20.9 Å². The molecule has 1 aromatic carbocycles. The van der Waals surface area contributed by atoms with Crippen molar-refractivity contribution >= 4 is 17.5 Å². The standard InChI is InChI=1S/C25H33N7O2/c1-31(2)25(18-6-4-3-5-7-18)10-8-24(9-11-25)17-32(23(34)30-24)19-14-28-22(29-15-19)21(33)20-16-26-12-13-27-20/h3-7,14-15,20,26-27H,8-13,16-17H2,1-2H3,(H,30,34). The van der Waals surface area contributed by atoms with E-state index in [-0.39, 0.29) is 34.8 Å². The van der Waals surface area contributed by atoms with Gasteiger partial charge >= 0.3 is 6.03 Å². The molecule has 1 saturated carbocycles. The number of ketones is 1. The van der Waals surface area contributed by atoms with Crippen molar-refractivity contribution in [2.45, 2.75) is 42.8 Å². The predicted octanol–water partition coefficient (Wildman–Crippen LogP) is 1.52. The monoisotopic (exact) mass is 463 g/mol. The Morgan fingerprint density at radius 1 is 1.06 bits per heavy atom. The van der Waals surface area contributed by atoms with Crippen molar-refractivity contribution in [3.05, 3.63) is 54.1 Å². The van der Waals surface area contributed by atoms with Crippen LogP contribution in [0.5, 0.6) is 0 Å². The average molecular weight is 464 g/mol. The second-order valence-electron chi connectivity index (χ2n) is 9.93. The van der Waals surface area contributed by atoms with Crippen LogP contribution in [0.25, 0.3) is 0 Å². The molecule has 5 rings (SSSR count). The smallest absolute Gasteiger partial charge is 0.322 e. The zero-order valence-corrected chi connectivity index (χ0v) is 19.9. The highest BCUT2D eigenvalue weighted by Crippen LogP contribution is 2.46. The number of carbonyl (C=O) groups excluding carboxylic acids is 2. The number of aromatic nitrogens is 2. The number of hydrogen-bond acceptors (Lipinski definition) is 7. The Morgan fingerprint density at radius 3 is 2.38 bits per heavy atom. The fourth-order valence-electron chi connectivity index (χ4n) is 5.67. The molecule has 1 spiro atoms. The van der Waals surface area contributed by atoms with Crippen molar-refractivity contribution < 1.29 is 9.59 Å². The third-order valence-electron chi connectivity index (χ3n) is 7.81. The average Bonchev–Trinajstić information content (AvgIpc) is 3.20. The van der Waals surface area contributed by atoms with Crippen LogP contribution in [0.3, 0.4) is 0 Å². The number of nitrogens with one attached hydrogen (secondary N) is 3. The van der Waals surface area contributed by atoms with Gasteiger partial charge in [0.05, 0.1) is 36.2 Å². The van der Waals surface area contributed by atoms with Gasteiger partial charge in [0.2, 0.25) is 5.78 Å². The number of nitrogens with zero attached hydrogens (tertiary/aromatic N) is 4. The maximum absolute atomic E-state index is 12.9. The Hall–Kier alpha value is -2.88. The number of piperazine rings is 1. The summed E-state index contributed by atoms with van der Waals surface area (Å²) in [7, 11) is 4.28. The summed E-state index contributed by atoms with van der Waals surface area (Å²) in [4.78, 5) is 38.2. The van der Waals surface area contributed by atoms with Crippen molar-refractivity contribution in [2.75, 3.05) is 45.2 Å². The van der Waals surface area contributed by atoms with Crippen LogP contribution in [0.15, 0.2) is 42.7 Å². The minimum atomic E-state index is -0.318. The van der Waals surface area contributed by atoms with Crippen LogP contribution >= 0.6 is 0 Å². The summed E-state index contributed by atoms with van der Waals surface area (Å²) in [5, 5.41) is 9.65. The molecule has 3 N–H and O–H groups in total. The lowest BCUT2D eigenvalue weighted by Gasteiger charge is -2.48. The molecule has 9 nitrogen and oxygen atoms in total. The third-order valence-corrected chi connectivity index (χ3v) is 7.81. The molecule has 2 aliphatic heterocycles. The number of urea groups is 1. The summed E-state index contributed by atoms with van der Waals surface area (Å²) >= 11 is 0. The molecule has 3 fully saturated rings. The Balaban J connectivity index is 1.28. The molecule has 3 heterocycles. The molecule has 2 amide bonds. The van der Waals surface area contributed by atoms with Crippen LogP contribution in [0.1, 0.15) is 41.9 Å². The van der Waals surface area contributed by atoms with E-state index < -0.39 is 0 Å². The van der Waals surface area contributed by atoms with E-state index in [0.717, 1.165) is 38.8 Å². The summed E-state index contributed by atoms with van der Waals surface area (Å²) in [6, 6.07) is 10.2. The van der Waals surface area contributed by atoms with Gasteiger partial charge < -0.3 is 16.0 Å². The molecule has 9 heteroatoms. The summed E-state index contributed by atoms with van der Waals surface area (Å²) in [5.74, 6) is 0.0462. The highest BCUT2D eigenvalue weighted by atomic mass is 16.2. The topological polar surface area (TPSA) is 102 Å². The summed E-state index contributed by atoms with van der Waals surface area (Å²) in [6.45, 7) is 2.73. The van der Waals surface area contributed by atoms with E-state index in [9.17, 15) is 9.59 Å². The van der Waals surface area contributed by atoms with Gasteiger partial charge in [-0.25, -0.2) is 14.8 Å². The molecule has 2 saturated heterocycles. The van der Waals surface area contributed by atoms with Crippen molar-refractivity contribution in [2.24, 2.45) is 0 Å². The van der Waals surface area contributed by atoms with Crippen LogP contribution in [0, 0.1) is 0 Å². The lowest BCUT2D eigenvalue weighted by atomic mass is 9.69. The van der Waals surface area contributed by atoms with E-state index in [1.54, 1.807) is 17.3 Å². The lowest BCUT2D eigenvalue weighted by molar-refractivity contribution is 0.0658. The van der Waals surface area contributed by atoms with Gasteiger partial charge in [-0.05, 0) is 45.3 Å². The van der Waals surface area contributed by atoms with E-state index >= 15 is 0 Å². The Morgan fingerprint density at radius 2 is 1.76 bits per heavy atom. The van der Waals surface area contributed by atoms with E-state index in [2.05, 4.69) is 75.2 Å². The highest BCUT2D eigenvalue weighted by Gasteiger charge is 2.50. The molecule has 1 aromatic heterocycles. The van der Waals surface area contributed by atoms with Gasteiger partial charge in [-0.3, -0.25) is 14.6 Å². The predicted molar refractivity (Wildman–Crippen MR) is 130 cm³/mol. The van der Waals surface area contributed by atoms with Crippen LogP contribution in [-0.2, 0) is 5.54 Å². The summed E-state index contributed by atoms with van der Waals surface area (Å²) < 4.78 is 0. The fraction of sp³-hybridized carbons (Fsp3) is 0.520. The van der Waals surface area contributed by atoms with Gasteiger partial charge in [0.25, 0.3) is 0 Å². The molecule has 1 aliphatic carbocycles. The van der Waals surface area contributed by atoms with Gasteiger partial charge in [0.15, 0.2) is 5.82 Å². The van der Waals surface area contributed by atoms with Crippen molar-refractivity contribution in [1.29, 1.82) is 0 Å². The Bertz CT molecular complexity index is 1030. The number of rotatable bonds is 5. The maximum Gasteiger partial charge on any atom is 0.322 e. The van der Waals surface area contributed by atoms with E-state index in [1.807, 2.05) is 0 Å². The first-order valence-electron chi connectivity index (χ1n) is 12.1. The normalized spacial score (nSPS) is 29.4. The molecule has 0 bridgehead atoms. The molecular weight excluding hydrogens is 430 g/mol. The van der Waals surface area contributed by atoms with Gasteiger partial charge in [-0.15, -0.1) is 0 Å². The minimum Gasteiger partial charge on any atom is -0.330 e. The molecule has 34 heavy (non-hydrogen) atoms. The molecular formula is C25H33N7O2. The molecule has 2 aromatic rings. The maximum atomic E-state index is 12.9. The minimum absolute atomic E-state index is 0.0300. The molecule has 3 aliphatic rings. The Kier molecular flexibility index (Phi) is 6.09. The van der Waals surface area contributed by atoms with E-state index in [1.165, 1.54) is 5.56 Å². The molecule has 1 atom stereocenters. The van der Waals surface area contributed by atoms with Gasteiger partial charge in [-0.1, -0.05) is 30.3 Å². The Labute approximate surface area is 200 Å². The van der Waals surface area contributed by atoms with Crippen molar-refractivity contribution in [3.63, 3.8) is 0 Å². The lowest BCUT2D eigenvalue weighted by Crippen LogP contribution is -2.54. The third kappa shape index (κ3) is 4.08. The second-order valence-corrected chi connectivity index (χ2v) is 9.93. The van der Waals surface area contributed by atoms with Gasteiger partial charge in [0, 0.05) is 25.2 Å².